The Labute approximate surface area is 124 Å². The number of aliphatic hydroxyl groups is 1. The molecule has 0 heterocycles. The number of halogens is 1. The highest BCUT2D eigenvalue weighted by Gasteiger charge is 2.27. The molecule has 4 nitrogen and oxygen atoms in total. The van der Waals surface area contributed by atoms with Gasteiger partial charge in [-0.15, -0.1) is 0 Å². The molecule has 0 spiro atoms. The van der Waals surface area contributed by atoms with E-state index in [0.717, 1.165) is 38.5 Å². The summed E-state index contributed by atoms with van der Waals surface area (Å²) in [4.78, 5) is 11.8. The van der Waals surface area contributed by atoms with Crippen LogP contribution < -0.4 is 10.6 Å². The van der Waals surface area contributed by atoms with Crippen LogP contribution >= 0.6 is 0 Å². The highest BCUT2D eigenvalue weighted by atomic mass is 19.1. The number of para-hydroxylation sites is 1. The van der Waals surface area contributed by atoms with Crippen molar-refractivity contribution in [2.45, 2.75) is 44.1 Å². The quantitative estimate of drug-likeness (QED) is 0.731. The van der Waals surface area contributed by atoms with Gasteiger partial charge in [0.1, 0.15) is 5.82 Å². The van der Waals surface area contributed by atoms with Crippen molar-refractivity contribution in [3.05, 3.63) is 30.1 Å². The second kappa shape index (κ2) is 7.52. The van der Waals surface area contributed by atoms with Crippen LogP contribution in [-0.4, -0.2) is 29.7 Å². The molecule has 0 saturated heterocycles. The fourth-order valence-corrected chi connectivity index (χ4v) is 2.73. The lowest BCUT2D eigenvalue weighted by atomic mass is 9.94. The molecule has 1 amide bonds. The van der Waals surface area contributed by atoms with Crippen molar-refractivity contribution < 1.29 is 14.3 Å². The smallest absolute Gasteiger partial charge is 0.238 e. The van der Waals surface area contributed by atoms with Gasteiger partial charge in [0.15, 0.2) is 0 Å². The first-order chi connectivity index (χ1) is 10.1. The third-order valence-electron chi connectivity index (χ3n) is 3.92. The fraction of sp³-hybridized carbons (Fsp3) is 0.562. The third kappa shape index (κ3) is 5.10. The maximum atomic E-state index is 13.4. The molecule has 1 saturated carbocycles. The normalized spacial score (nSPS) is 18.0. The molecule has 0 atom stereocenters. The molecule has 116 valence electrons. The Kier molecular flexibility index (Phi) is 5.70. The monoisotopic (exact) mass is 294 g/mol. The van der Waals surface area contributed by atoms with E-state index in [4.69, 9.17) is 0 Å². The topological polar surface area (TPSA) is 61.4 Å². The first-order valence-electron chi connectivity index (χ1n) is 7.57. The number of carbonyl (C=O) groups excluding carboxylic acids is 1. The number of nitrogens with one attached hydrogen (secondary N) is 2. The molecule has 3 N–H and O–H groups in total. The second-order valence-electron chi connectivity index (χ2n) is 5.77. The fourth-order valence-electron chi connectivity index (χ4n) is 2.73. The summed E-state index contributed by atoms with van der Waals surface area (Å²) >= 11 is 0. The molecule has 1 fully saturated rings. The third-order valence-corrected chi connectivity index (χ3v) is 3.92. The van der Waals surface area contributed by atoms with Crippen LogP contribution in [0.3, 0.4) is 0 Å². The van der Waals surface area contributed by atoms with Crippen molar-refractivity contribution in [3.8, 4) is 0 Å². The van der Waals surface area contributed by atoms with Crippen LogP contribution in [-0.2, 0) is 4.79 Å². The van der Waals surface area contributed by atoms with E-state index < -0.39 is 11.4 Å². The van der Waals surface area contributed by atoms with E-state index >= 15 is 0 Å². The summed E-state index contributed by atoms with van der Waals surface area (Å²) in [6.45, 7) is 0.467. The van der Waals surface area contributed by atoms with Crippen molar-refractivity contribution in [3.63, 3.8) is 0 Å². The number of anilines is 1. The van der Waals surface area contributed by atoms with Crippen LogP contribution in [0.15, 0.2) is 24.3 Å². The van der Waals surface area contributed by atoms with E-state index in [0.29, 0.717) is 6.54 Å². The van der Waals surface area contributed by atoms with Crippen molar-refractivity contribution in [1.82, 2.24) is 5.32 Å². The number of amides is 1. The number of hydrogen-bond acceptors (Lipinski definition) is 3. The number of rotatable bonds is 5. The van der Waals surface area contributed by atoms with Crippen LogP contribution in [0.4, 0.5) is 10.1 Å². The molecule has 0 aliphatic heterocycles. The van der Waals surface area contributed by atoms with Crippen LogP contribution in [0.5, 0.6) is 0 Å². The lowest BCUT2D eigenvalue weighted by Crippen LogP contribution is -2.42. The second-order valence-corrected chi connectivity index (χ2v) is 5.77. The summed E-state index contributed by atoms with van der Waals surface area (Å²) in [5.41, 5.74) is -0.535. The Morgan fingerprint density at radius 2 is 1.86 bits per heavy atom. The molecule has 1 aromatic rings. The zero-order valence-electron chi connectivity index (χ0n) is 12.2. The van der Waals surface area contributed by atoms with E-state index in [1.165, 1.54) is 12.1 Å². The molecular formula is C16H23FN2O2. The summed E-state index contributed by atoms with van der Waals surface area (Å²) in [6.07, 6.45) is 5.93. The van der Waals surface area contributed by atoms with E-state index in [-0.39, 0.29) is 18.1 Å². The zero-order chi connectivity index (χ0) is 15.1. The van der Waals surface area contributed by atoms with E-state index in [1.807, 2.05) is 0 Å². The van der Waals surface area contributed by atoms with E-state index in [9.17, 15) is 14.3 Å². The van der Waals surface area contributed by atoms with Crippen molar-refractivity contribution in [2.24, 2.45) is 0 Å². The molecule has 1 aliphatic carbocycles. The molecule has 0 bridgehead atoms. The van der Waals surface area contributed by atoms with Gasteiger partial charge in [-0.2, -0.15) is 0 Å². The molecule has 5 heteroatoms. The van der Waals surface area contributed by atoms with Gasteiger partial charge in [0, 0.05) is 6.54 Å². The molecule has 1 aliphatic rings. The van der Waals surface area contributed by atoms with Crippen LogP contribution in [0.1, 0.15) is 38.5 Å². The van der Waals surface area contributed by atoms with Gasteiger partial charge in [-0.05, 0) is 25.0 Å². The molecule has 0 aromatic heterocycles. The maximum absolute atomic E-state index is 13.4. The molecule has 0 radical (unpaired) electrons. The predicted molar refractivity (Wildman–Crippen MR) is 80.6 cm³/mol. The van der Waals surface area contributed by atoms with Crippen LogP contribution in [0, 0.1) is 5.82 Å². The highest BCUT2D eigenvalue weighted by molar-refractivity contribution is 5.92. The highest BCUT2D eigenvalue weighted by Crippen LogP contribution is 2.26. The largest absolute Gasteiger partial charge is 0.389 e. The standard InChI is InChI=1S/C16H23FN2O2/c17-13-7-3-4-8-14(13)19-15(20)11-18-12-16(21)9-5-1-2-6-10-16/h3-4,7-8,18,21H,1-2,5-6,9-12H2,(H,19,20). The van der Waals surface area contributed by atoms with Crippen LogP contribution in [0.25, 0.3) is 0 Å². The van der Waals surface area contributed by atoms with Gasteiger partial charge < -0.3 is 15.7 Å². The van der Waals surface area contributed by atoms with E-state index in [2.05, 4.69) is 10.6 Å². The Morgan fingerprint density at radius 3 is 2.52 bits per heavy atom. The summed E-state index contributed by atoms with van der Waals surface area (Å²) in [5.74, 6) is -0.759. The van der Waals surface area contributed by atoms with Crippen molar-refractivity contribution in [2.75, 3.05) is 18.4 Å². The van der Waals surface area contributed by atoms with Gasteiger partial charge in [-0.25, -0.2) is 4.39 Å². The summed E-state index contributed by atoms with van der Waals surface area (Å²) in [7, 11) is 0. The Balaban J connectivity index is 1.75. The molecule has 1 aromatic carbocycles. The zero-order valence-corrected chi connectivity index (χ0v) is 12.2. The lowest BCUT2D eigenvalue weighted by molar-refractivity contribution is -0.115. The summed E-state index contributed by atoms with van der Waals surface area (Å²) < 4.78 is 13.4. The first kappa shape index (κ1) is 15.9. The maximum Gasteiger partial charge on any atom is 0.238 e. The van der Waals surface area contributed by atoms with Gasteiger partial charge in [0.2, 0.25) is 5.91 Å². The minimum atomic E-state index is -0.714. The molecule has 21 heavy (non-hydrogen) atoms. The minimum absolute atomic E-state index is 0.0661. The first-order valence-corrected chi connectivity index (χ1v) is 7.57. The van der Waals surface area contributed by atoms with Gasteiger partial charge >= 0.3 is 0 Å². The number of benzene rings is 1. The average Bonchev–Trinajstić information content (AvgIpc) is 2.66. The SMILES string of the molecule is O=C(CNCC1(O)CCCCCC1)Nc1ccccc1F. The Bertz CT molecular complexity index is 471. The minimum Gasteiger partial charge on any atom is -0.389 e. The number of hydrogen-bond donors (Lipinski definition) is 3. The average molecular weight is 294 g/mol. The molecule has 2 rings (SSSR count). The summed E-state index contributed by atoms with van der Waals surface area (Å²) in [6, 6.07) is 6.06. The molecule has 0 unspecified atom stereocenters. The Hall–Kier alpha value is -1.46. The van der Waals surface area contributed by atoms with Gasteiger partial charge in [-0.1, -0.05) is 37.8 Å². The Morgan fingerprint density at radius 1 is 1.19 bits per heavy atom. The summed E-state index contributed by atoms with van der Waals surface area (Å²) in [5, 5.41) is 15.9. The van der Waals surface area contributed by atoms with Crippen molar-refractivity contribution >= 4 is 11.6 Å². The van der Waals surface area contributed by atoms with E-state index in [1.54, 1.807) is 12.1 Å². The van der Waals surface area contributed by atoms with Gasteiger partial charge in [0.25, 0.3) is 0 Å². The number of carbonyl (C=O) groups is 1. The van der Waals surface area contributed by atoms with Crippen molar-refractivity contribution in [1.29, 1.82) is 0 Å². The lowest BCUT2D eigenvalue weighted by Gasteiger charge is -2.26. The van der Waals surface area contributed by atoms with Gasteiger partial charge in [-0.3, -0.25) is 4.79 Å². The van der Waals surface area contributed by atoms with Gasteiger partial charge in [0.05, 0.1) is 17.8 Å². The van der Waals surface area contributed by atoms with Crippen LogP contribution in [0.2, 0.25) is 0 Å². The predicted octanol–water partition coefficient (Wildman–Crippen LogP) is 2.44. The molecular weight excluding hydrogens is 271 g/mol.